The molecule has 0 unspecified atom stereocenters. The molecule has 76 valence electrons. The van der Waals surface area contributed by atoms with Gasteiger partial charge in [0.05, 0.1) is 0 Å². The molecule has 0 rings (SSSR count). The van der Waals surface area contributed by atoms with Crippen molar-refractivity contribution in [3.05, 3.63) is 12.3 Å². The zero-order valence-corrected chi connectivity index (χ0v) is 8.25. The van der Waals surface area contributed by atoms with Crippen LogP contribution >= 0.6 is 0 Å². The number of carboxylic acid groups (broad SMARTS) is 1. The standard InChI is InChI=1S/C10H19NO2/c1-2-3-4-5-6-8-11-9-7-10(12)13/h7,9,11H,2-6,8H2,1H3,(H,12,13). The predicted octanol–water partition coefficient (Wildman–Crippen LogP) is 2.14. The van der Waals surface area contributed by atoms with Gasteiger partial charge in [0.25, 0.3) is 0 Å². The van der Waals surface area contributed by atoms with Gasteiger partial charge in [0, 0.05) is 18.8 Å². The third-order valence-corrected chi connectivity index (χ3v) is 1.77. The topological polar surface area (TPSA) is 49.3 Å². The molecule has 0 radical (unpaired) electrons. The van der Waals surface area contributed by atoms with Crippen molar-refractivity contribution in [1.29, 1.82) is 0 Å². The number of nitrogens with one attached hydrogen (secondary N) is 1. The largest absolute Gasteiger partial charge is 0.478 e. The highest BCUT2D eigenvalue weighted by atomic mass is 16.4. The van der Waals surface area contributed by atoms with Gasteiger partial charge in [-0.2, -0.15) is 0 Å². The summed E-state index contributed by atoms with van der Waals surface area (Å²) in [6.45, 7) is 3.06. The van der Waals surface area contributed by atoms with Crippen molar-refractivity contribution in [3.8, 4) is 0 Å². The number of aliphatic carboxylic acids is 1. The molecule has 0 spiro atoms. The molecule has 0 amide bonds. The van der Waals surface area contributed by atoms with Crippen LogP contribution in [-0.2, 0) is 4.79 Å². The van der Waals surface area contributed by atoms with Gasteiger partial charge in [0.1, 0.15) is 0 Å². The van der Waals surface area contributed by atoms with Crippen LogP contribution in [-0.4, -0.2) is 17.6 Å². The molecule has 0 fully saturated rings. The van der Waals surface area contributed by atoms with Crippen LogP contribution < -0.4 is 5.32 Å². The number of carboxylic acids is 1. The molecular weight excluding hydrogens is 166 g/mol. The van der Waals surface area contributed by atoms with E-state index in [-0.39, 0.29) is 0 Å². The Kier molecular flexibility index (Phi) is 8.41. The van der Waals surface area contributed by atoms with Crippen LogP contribution in [0.5, 0.6) is 0 Å². The molecule has 0 saturated heterocycles. The van der Waals surface area contributed by atoms with Crippen LogP contribution in [0.2, 0.25) is 0 Å². The lowest BCUT2D eigenvalue weighted by Crippen LogP contribution is -2.07. The van der Waals surface area contributed by atoms with Crippen LogP contribution in [0.15, 0.2) is 12.3 Å². The summed E-state index contributed by atoms with van der Waals surface area (Å²) in [5.74, 6) is -0.904. The van der Waals surface area contributed by atoms with Gasteiger partial charge < -0.3 is 10.4 Å². The van der Waals surface area contributed by atoms with Crippen molar-refractivity contribution in [2.75, 3.05) is 6.54 Å². The predicted molar refractivity (Wildman–Crippen MR) is 53.5 cm³/mol. The van der Waals surface area contributed by atoms with Crippen LogP contribution in [0.1, 0.15) is 39.0 Å². The molecule has 2 N–H and O–H groups in total. The Hall–Kier alpha value is -0.990. The second-order valence-corrected chi connectivity index (χ2v) is 3.04. The maximum absolute atomic E-state index is 10.0. The van der Waals surface area contributed by atoms with Crippen LogP contribution in [0.25, 0.3) is 0 Å². The van der Waals surface area contributed by atoms with Gasteiger partial charge in [-0.05, 0) is 6.42 Å². The minimum absolute atomic E-state index is 0.869. The summed E-state index contributed by atoms with van der Waals surface area (Å²) in [5, 5.41) is 11.2. The maximum Gasteiger partial charge on any atom is 0.329 e. The molecule has 0 heterocycles. The highest BCUT2D eigenvalue weighted by molar-refractivity contribution is 5.79. The van der Waals surface area contributed by atoms with E-state index < -0.39 is 5.97 Å². The average molecular weight is 185 g/mol. The van der Waals surface area contributed by atoms with Gasteiger partial charge >= 0.3 is 5.97 Å². The zero-order valence-electron chi connectivity index (χ0n) is 8.25. The normalized spacial score (nSPS) is 10.5. The van der Waals surface area contributed by atoms with Crippen LogP contribution in [0.4, 0.5) is 0 Å². The first-order chi connectivity index (χ1) is 6.27. The summed E-state index contributed by atoms with van der Waals surface area (Å²) >= 11 is 0. The van der Waals surface area contributed by atoms with Gasteiger partial charge in [-0.1, -0.05) is 32.6 Å². The quantitative estimate of drug-likeness (QED) is 0.450. The lowest BCUT2D eigenvalue weighted by Gasteiger charge is -1.99. The molecule has 0 aliphatic heterocycles. The van der Waals surface area contributed by atoms with Crippen molar-refractivity contribution in [2.24, 2.45) is 0 Å². The fourth-order valence-electron chi connectivity index (χ4n) is 1.04. The molecule has 0 saturated carbocycles. The summed E-state index contributed by atoms with van der Waals surface area (Å²) in [7, 11) is 0. The van der Waals surface area contributed by atoms with Gasteiger partial charge in [-0.25, -0.2) is 4.79 Å². The van der Waals surface area contributed by atoms with E-state index in [4.69, 9.17) is 5.11 Å². The third kappa shape index (κ3) is 11.0. The van der Waals surface area contributed by atoms with E-state index in [0.29, 0.717) is 0 Å². The first kappa shape index (κ1) is 12.0. The van der Waals surface area contributed by atoms with Crippen molar-refractivity contribution in [2.45, 2.75) is 39.0 Å². The van der Waals surface area contributed by atoms with Crippen molar-refractivity contribution < 1.29 is 9.90 Å². The first-order valence-electron chi connectivity index (χ1n) is 4.90. The van der Waals surface area contributed by atoms with Gasteiger partial charge in [-0.15, -0.1) is 0 Å². The molecule has 0 aromatic heterocycles. The maximum atomic E-state index is 10.0. The smallest absolute Gasteiger partial charge is 0.329 e. The Bertz CT molecular complexity index is 155. The van der Waals surface area contributed by atoms with Crippen LogP contribution in [0.3, 0.4) is 0 Å². The van der Waals surface area contributed by atoms with Crippen molar-refractivity contribution >= 4 is 5.97 Å². The van der Waals surface area contributed by atoms with Gasteiger partial charge in [-0.3, -0.25) is 0 Å². The minimum Gasteiger partial charge on any atom is -0.478 e. The van der Waals surface area contributed by atoms with Gasteiger partial charge in [0.2, 0.25) is 0 Å². The highest BCUT2D eigenvalue weighted by Crippen LogP contribution is 2.00. The fourth-order valence-corrected chi connectivity index (χ4v) is 1.04. The summed E-state index contributed by atoms with van der Waals surface area (Å²) in [6, 6.07) is 0. The average Bonchev–Trinajstić information content (AvgIpc) is 2.09. The molecule has 3 heteroatoms. The molecule has 0 aromatic carbocycles. The molecule has 0 aromatic rings. The second kappa shape index (κ2) is 9.10. The third-order valence-electron chi connectivity index (χ3n) is 1.77. The Morgan fingerprint density at radius 1 is 1.31 bits per heavy atom. The summed E-state index contributed by atoms with van der Waals surface area (Å²) in [6.07, 6.45) is 8.78. The zero-order chi connectivity index (χ0) is 9.94. The van der Waals surface area contributed by atoms with Crippen molar-refractivity contribution in [1.82, 2.24) is 5.32 Å². The number of carbonyl (C=O) groups is 1. The van der Waals surface area contributed by atoms with E-state index in [9.17, 15) is 4.79 Å². The lowest BCUT2D eigenvalue weighted by atomic mass is 10.1. The van der Waals surface area contributed by atoms with E-state index in [0.717, 1.165) is 19.0 Å². The van der Waals surface area contributed by atoms with E-state index in [2.05, 4.69) is 12.2 Å². The summed E-state index contributed by atoms with van der Waals surface area (Å²) in [4.78, 5) is 10.0. The molecule has 0 aliphatic carbocycles. The molecular formula is C10H19NO2. The van der Waals surface area contributed by atoms with E-state index >= 15 is 0 Å². The van der Waals surface area contributed by atoms with Crippen molar-refractivity contribution in [3.63, 3.8) is 0 Å². The van der Waals surface area contributed by atoms with Crippen LogP contribution in [0, 0.1) is 0 Å². The number of hydrogen-bond donors (Lipinski definition) is 2. The Balaban J connectivity index is 3.03. The number of rotatable bonds is 8. The molecule has 13 heavy (non-hydrogen) atoms. The van der Waals surface area contributed by atoms with E-state index in [1.54, 1.807) is 0 Å². The fraction of sp³-hybridized carbons (Fsp3) is 0.700. The molecule has 3 nitrogen and oxygen atoms in total. The highest BCUT2D eigenvalue weighted by Gasteiger charge is 1.87. The number of unbranched alkanes of at least 4 members (excludes halogenated alkanes) is 4. The van der Waals surface area contributed by atoms with E-state index in [1.807, 2.05) is 0 Å². The Labute approximate surface area is 79.8 Å². The SMILES string of the molecule is CCCCCCCNC=CC(=O)O. The minimum atomic E-state index is -0.904. The first-order valence-corrected chi connectivity index (χ1v) is 4.90. The number of hydrogen-bond acceptors (Lipinski definition) is 2. The monoisotopic (exact) mass is 185 g/mol. The Morgan fingerprint density at radius 2 is 2.00 bits per heavy atom. The lowest BCUT2D eigenvalue weighted by molar-refractivity contribution is -0.131. The summed E-state index contributed by atoms with van der Waals surface area (Å²) < 4.78 is 0. The van der Waals surface area contributed by atoms with E-state index in [1.165, 1.54) is 31.9 Å². The second-order valence-electron chi connectivity index (χ2n) is 3.04. The molecule has 0 aliphatic rings. The van der Waals surface area contributed by atoms with Gasteiger partial charge in [0.15, 0.2) is 0 Å². The molecule has 0 atom stereocenters. The Morgan fingerprint density at radius 3 is 2.62 bits per heavy atom. The summed E-state index contributed by atoms with van der Waals surface area (Å²) in [5.41, 5.74) is 0. The molecule has 0 bridgehead atoms.